The third-order valence-corrected chi connectivity index (χ3v) is 3.55. The molecule has 0 radical (unpaired) electrons. The molecule has 1 N–H and O–H groups in total. The maximum absolute atomic E-state index is 3.31. The molecule has 0 saturated heterocycles. The molecule has 0 spiro atoms. The van der Waals surface area contributed by atoms with Crippen LogP contribution in [0.15, 0.2) is 0 Å². The maximum atomic E-state index is 3.31. The second kappa shape index (κ2) is 7.24. The van der Waals surface area contributed by atoms with E-state index in [1.165, 1.54) is 25.8 Å². The first-order valence-electron chi connectivity index (χ1n) is 6.34. The Morgan fingerprint density at radius 3 is 2.33 bits per heavy atom. The van der Waals surface area contributed by atoms with Crippen LogP contribution in [0, 0.1) is 5.41 Å². The fourth-order valence-electron chi connectivity index (χ4n) is 2.12. The summed E-state index contributed by atoms with van der Waals surface area (Å²) in [6.07, 6.45) is 3.81. The van der Waals surface area contributed by atoms with E-state index in [1.807, 2.05) is 7.05 Å². The standard InChI is InChI=1S/C13H30N2/c1-7-9-12(3)15(6)11-13(4,8-2)10-14-5/h12,14H,7-11H2,1-6H3. The molecule has 0 aliphatic rings. The molecule has 0 bridgehead atoms. The summed E-state index contributed by atoms with van der Waals surface area (Å²) in [4.78, 5) is 2.50. The summed E-state index contributed by atoms with van der Waals surface area (Å²) in [5.74, 6) is 0. The third kappa shape index (κ3) is 5.53. The Labute approximate surface area is 96.4 Å². The number of rotatable bonds is 8. The van der Waals surface area contributed by atoms with E-state index in [0.717, 1.165) is 6.54 Å². The van der Waals surface area contributed by atoms with Crippen molar-refractivity contribution in [2.45, 2.75) is 53.0 Å². The Hall–Kier alpha value is -0.0800. The Bertz CT molecular complexity index is 159. The lowest BCUT2D eigenvalue weighted by Crippen LogP contribution is -2.42. The van der Waals surface area contributed by atoms with E-state index >= 15 is 0 Å². The molecule has 0 aliphatic carbocycles. The SMILES string of the molecule is CCCC(C)N(C)CC(C)(CC)CNC. The van der Waals surface area contributed by atoms with Gasteiger partial charge in [0.1, 0.15) is 0 Å². The van der Waals surface area contributed by atoms with Crippen LogP contribution in [0.1, 0.15) is 47.0 Å². The molecular formula is C13H30N2. The summed E-state index contributed by atoms with van der Waals surface area (Å²) in [5.41, 5.74) is 0.408. The second-order valence-corrected chi connectivity index (χ2v) is 5.25. The van der Waals surface area contributed by atoms with Crippen LogP contribution in [-0.2, 0) is 0 Å². The van der Waals surface area contributed by atoms with Gasteiger partial charge in [0.05, 0.1) is 0 Å². The van der Waals surface area contributed by atoms with Gasteiger partial charge in [-0.2, -0.15) is 0 Å². The molecule has 0 heterocycles. The smallest absolute Gasteiger partial charge is 0.00640 e. The first-order chi connectivity index (χ1) is 6.99. The highest BCUT2D eigenvalue weighted by molar-refractivity contribution is 4.79. The zero-order chi connectivity index (χ0) is 11.9. The average molecular weight is 214 g/mol. The molecule has 92 valence electrons. The highest BCUT2D eigenvalue weighted by atomic mass is 15.1. The van der Waals surface area contributed by atoms with Gasteiger partial charge in [-0.15, -0.1) is 0 Å². The summed E-state index contributed by atoms with van der Waals surface area (Å²) < 4.78 is 0. The van der Waals surface area contributed by atoms with Crippen molar-refractivity contribution in [3.63, 3.8) is 0 Å². The van der Waals surface area contributed by atoms with Crippen molar-refractivity contribution < 1.29 is 0 Å². The molecule has 2 nitrogen and oxygen atoms in total. The average Bonchev–Trinajstić information content (AvgIpc) is 2.18. The van der Waals surface area contributed by atoms with Crippen LogP contribution >= 0.6 is 0 Å². The third-order valence-electron chi connectivity index (χ3n) is 3.55. The number of nitrogens with one attached hydrogen (secondary N) is 1. The minimum Gasteiger partial charge on any atom is -0.319 e. The van der Waals surface area contributed by atoms with Crippen molar-refractivity contribution in [3.05, 3.63) is 0 Å². The zero-order valence-electron chi connectivity index (χ0n) is 11.6. The number of hydrogen-bond donors (Lipinski definition) is 1. The summed E-state index contributed by atoms with van der Waals surface area (Å²) in [7, 11) is 4.30. The van der Waals surface area contributed by atoms with Gasteiger partial charge < -0.3 is 10.2 Å². The van der Waals surface area contributed by atoms with Crippen LogP contribution in [0.25, 0.3) is 0 Å². The quantitative estimate of drug-likeness (QED) is 0.668. The molecule has 0 aromatic heterocycles. The van der Waals surface area contributed by atoms with Crippen molar-refractivity contribution in [1.82, 2.24) is 10.2 Å². The highest BCUT2D eigenvalue weighted by Gasteiger charge is 2.24. The summed E-state index contributed by atoms with van der Waals surface area (Å²) in [6, 6.07) is 0.706. The lowest BCUT2D eigenvalue weighted by Gasteiger charge is -2.35. The van der Waals surface area contributed by atoms with Crippen molar-refractivity contribution in [1.29, 1.82) is 0 Å². The maximum Gasteiger partial charge on any atom is 0.00640 e. The van der Waals surface area contributed by atoms with Gasteiger partial charge >= 0.3 is 0 Å². The van der Waals surface area contributed by atoms with Gasteiger partial charge in [0.25, 0.3) is 0 Å². The largest absolute Gasteiger partial charge is 0.319 e. The molecule has 0 aliphatic heterocycles. The van der Waals surface area contributed by atoms with Gasteiger partial charge in [-0.1, -0.05) is 27.2 Å². The molecule has 0 amide bonds. The molecule has 0 aromatic carbocycles. The zero-order valence-corrected chi connectivity index (χ0v) is 11.6. The van der Waals surface area contributed by atoms with Crippen LogP contribution in [0.2, 0.25) is 0 Å². The Morgan fingerprint density at radius 1 is 1.33 bits per heavy atom. The van der Waals surface area contributed by atoms with Gasteiger partial charge in [-0.05, 0) is 39.3 Å². The predicted octanol–water partition coefficient (Wildman–Crippen LogP) is 2.74. The molecule has 2 heteroatoms. The molecular weight excluding hydrogens is 184 g/mol. The summed E-state index contributed by atoms with van der Waals surface area (Å²) in [6.45, 7) is 11.5. The Morgan fingerprint density at radius 2 is 1.93 bits per heavy atom. The van der Waals surface area contributed by atoms with Crippen molar-refractivity contribution in [2.75, 3.05) is 27.2 Å². The van der Waals surface area contributed by atoms with Crippen LogP contribution in [0.5, 0.6) is 0 Å². The van der Waals surface area contributed by atoms with Crippen LogP contribution in [0.3, 0.4) is 0 Å². The van der Waals surface area contributed by atoms with E-state index < -0.39 is 0 Å². The van der Waals surface area contributed by atoms with E-state index in [1.54, 1.807) is 0 Å². The Kier molecular flexibility index (Phi) is 7.20. The molecule has 0 saturated carbocycles. The highest BCUT2D eigenvalue weighted by Crippen LogP contribution is 2.22. The van der Waals surface area contributed by atoms with Gasteiger partial charge in [0.2, 0.25) is 0 Å². The minimum atomic E-state index is 0.408. The monoisotopic (exact) mass is 214 g/mol. The minimum absolute atomic E-state index is 0.408. The predicted molar refractivity (Wildman–Crippen MR) is 69.3 cm³/mol. The first-order valence-corrected chi connectivity index (χ1v) is 6.34. The summed E-state index contributed by atoms with van der Waals surface area (Å²) >= 11 is 0. The topological polar surface area (TPSA) is 15.3 Å². The lowest BCUT2D eigenvalue weighted by atomic mass is 9.86. The molecule has 2 atom stereocenters. The van der Waals surface area contributed by atoms with E-state index in [0.29, 0.717) is 11.5 Å². The van der Waals surface area contributed by atoms with Crippen LogP contribution < -0.4 is 5.32 Å². The van der Waals surface area contributed by atoms with E-state index in [4.69, 9.17) is 0 Å². The van der Waals surface area contributed by atoms with Gasteiger partial charge in [0, 0.05) is 19.1 Å². The molecule has 0 fully saturated rings. The Balaban J connectivity index is 4.15. The number of hydrogen-bond acceptors (Lipinski definition) is 2. The molecule has 15 heavy (non-hydrogen) atoms. The van der Waals surface area contributed by atoms with Crippen LogP contribution in [0.4, 0.5) is 0 Å². The van der Waals surface area contributed by atoms with Crippen molar-refractivity contribution in [2.24, 2.45) is 5.41 Å². The van der Waals surface area contributed by atoms with E-state index in [2.05, 4.69) is 45.0 Å². The number of nitrogens with zero attached hydrogens (tertiary/aromatic N) is 1. The summed E-state index contributed by atoms with van der Waals surface area (Å²) in [5, 5.41) is 3.31. The molecule has 2 unspecified atom stereocenters. The van der Waals surface area contributed by atoms with Gasteiger partial charge in [-0.3, -0.25) is 0 Å². The lowest BCUT2D eigenvalue weighted by molar-refractivity contribution is 0.144. The van der Waals surface area contributed by atoms with Gasteiger partial charge in [-0.25, -0.2) is 0 Å². The van der Waals surface area contributed by atoms with Crippen molar-refractivity contribution in [3.8, 4) is 0 Å². The fourth-order valence-corrected chi connectivity index (χ4v) is 2.12. The first kappa shape index (κ1) is 14.9. The van der Waals surface area contributed by atoms with E-state index in [9.17, 15) is 0 Å². The molecule has 0 rings (SSSR count). The fraction of sp³-hybridized carbons (Fsp3) is 1.00. The van der Waals surface area contributed by atoms with Crippen molar-refractivity contribution >= 4 is 0 Å². The van der Waals surface area contributed by atoms with E-state index in [-0.39, 0.29) is 0 Å². The van der Waals surface area contributed by atoms with Crippen LogP contribution in [-0.4, -0.2) is 38.1 Å². The van der Waals surface area contributed by atoms with Gasteiger partial charge in [0.15, 0.2) is 0 Å². The molecule has 0 aromatic rings. The normalized spacial score (nSPS) is 17.8. The second-order valence-electron chi connectivity index (χ2n) is 5.25.